The first-order valence-corrected chi connectivity index (χ1v) is 8.32. The zero-order valence-electron chi connectivity index (χ0n) is 13.7. The molecule has 3 heteroatoms. The molecule has 0 aliphatic heterocycles. The van der Waals surface area contributed by atoms with Crippen LogP contribution in [-0.4, -0.2) is 24.8 Å². The van der Waals surface area contributed by atoms with Crippen LogP contribution in [0.25, 0.3) is 0 Å². The van der Waals surface area contributed by atoms with Gasteiger partial charge < -0.3 is 4.74 Å². The SMILES string of the molecule is CCCNC1(C#N)CCCC1CCOC(C)CC(C)C. The molecule has 1 aliphatic carbocycles. The van der Waals surface area contributed by atoms with Gasteiger partial charge in [-0.3, -0.25) is 5.32 Å². The van der Waals surface area contributed by atoms with Crippen molar-refractivity contribution in [1.82, 2.24) is 5.32 Å². The minimum absolute atomic E-state index is 0.291. The number of nitriles is 1. The minimum atomic E-state index is -0.291. The third-order valence-electron chi connectivity index (χ3n) is 4.38. The highest BCUT2D eigenvalue weighted by molar-refractivity contribution is 5.14. The quantitative estimate of drug-likeness (QED) is 0.697. The van der Waals surface area contributed by atoms with Crippen LogP contribution in [0.4, 0.5) is 0 Å². The van der Waals surface area contributed by atoms with Gasteiger partial charge in [0, 0.05) is 6.61 Å². The van der Waals surface area contributed by atoms with Gasteiger partial charge in [0.1, 0.15) is 5.54 Å². The molecule has 3 unspecified atom stereocenters. The van der Waals surface area contributed by atoms with Crippen LogP contribution in [0.15, 0.2) is 0 Å². The molecule has 116 valence electrons. The zero-order valence-corrected chi connectivity index (χ0v) is 13.7. The molecule has 1 aliphatic rings. The van der Waals surface area contributed by atoms with Crippen molar-refractivity contribution in [2.24, 2.45) is 11.8 Å². The molecule has 1 N–H and O–H groups in total. The number of hydrogen-bond acceptors (Lipinski definition) is 3. The van der Waals surface area contributed by atoms with Gasteiger partial charge in [-0.15, -0.1) is 0 Å². The van der Waals surface area contributed by atoms with Crippen molar-refractivity contribution >= 4 is 0 Å². The lowest BCUT2D eigenvalue weighted by atomic mass is 9.86. The lowest BCUT2D eigenvalue weighted by Gasteiger charge is -2.30. The van der Waals surface area contributed by atoms with Crippen LogP contribution >= 0.6 is 0 Å². The summed E-state index contributed by atoms with van der Waals surface area (Å²) in [7, 11) is 0. The molecule has 1 fully saturated rings. The van der Waals surface area contributed by atoms with Crippen molar-refractivity contribution in [3.63, 3.8) is 0 Å². The minimum Gasteiger partial charge on any atom is -0.378 e. The fourth-order valence-corrected chi connectivity index (χ4v) is 3.38. The molecule has 1 saturated carbocycles. The van der Waals surface area contributed by atoms with E-state index in [1.807, 2.05) is 0 Å². The summed E-state index contributed by atoms with van der Waals surface area (Å²) in [6.45, 7) is 10.5. The average Bonchev–Trinajstić information content (AvgIpc) is 2.79. The molecule has 0 heterocycles. The molecule has 0 bridgehead atoms. The fraction of sp³-hybridized carbons (Fsp3) is 0.941. The second-order valence-corrected chi connectivity index (χ2v) is 6.70. The van der Waals surface area contributed by atoms with Crippen LogP contribution in [0.1, 0.15) is 66.2 Å². The number of nitrogens with zero attached hydrogens (tertiary/aromatic N) is 1. The first kappa shape index (κ1) is 17.5. The van der Waals surface area contributed by atoms with Gasteiger partial charge in [0.25, 0.3) is 0 Å². The number of hydrogen-bond donors (Lipinski definition) is 1. The van der Waals surface area contributed by atoms with Crippen molar-refractivity contribution in [3.8, 4) is 6.07 Å². The molecule has 0 saturated heterocycles. The molecule has 0 amide bonds. The van der Waals surface area contributed by atoms with E-state index in [1.54, 1.807) is 0 Å². The van der Waals surface area contributed by atoms with Gasteiger partial charge in [-0.05, 0) is 57.4 Å². The van der Waals surface area contributed by atoms with Crippen molar-refractivity contribution in [1.29, 1.82) is 5.26 Å². The summed E-state index contributed by atoms with van der Waals surface area (Å²) in [6, 6.07) is 2.57. The van der Waals surface area contributed by atoms with Gasteiger partial charge in [-0.1, -0.05) is 27.2 Å². The second-order valence-electron chi connectivity index (χ2n) is 6.70. The van der Waals surface area contributed by atoms with Crippen LogP contribution in [0.3, 0.4) is 0 Å². The van der Waals surface area contributed by atoms with Gasteiger partial charge in [-0.25, -0.2) is 0 Å². The average molecular weight is 280 g/mol. The van der Waals surface area contributed by atoms with Crippen LogP contribution in [0.2, 0.25) is 0 Å². The van der Waals surface area contributed by atoms with Crippen LogP contribution in [0.5, 0.6) is 0 Å². The van der Waals surface area contributed by atoms with Crippen LogP contribution in [-0.2, 0) is 4.74 Å². The van der Waals surface area contributed by atoms with Gasteiger partial charge in [0.2, 0.25) is 0 Å². The first-order chi connectivity index (χ1) is 9.54. The third-order valence-corrected chi connectivity index (χ3v) is 4.38. The van der Waals surface area contributed by atoms with E-state index in [9.17, 15) is 5.26 Å². The van der Waals surface area contributed by atoms with Gasteiger partial charge in [-0.2, -0.15) is 5.26 Å². The van der Waals surface area contributed by atoms with E-state index >= 15 is 0 Å². The number of nitrogens with one attached hydrogen (secondary N) is 1. The summed E-state index contributed by atoms with van der Waals surface area (Å²) in [5.41, 5.74) is -0.291. The largest absolute Gasteiger partial charge is 0.378 e. The lowest BCUT2D eigenvalue weighted by Crippen LogP contribution is -2.47. The summed E-state index contributed by atoms with van der Waals surface area (Å²) < 4.78 is 5.92. The maximum Gasteiger partial charge on any atom is 0.109 e. The Hall–Kier alpha value is -0.590. The van der Waals surface area contributed by atoms with Crippen molar-refractivity contribution in [3.05, 3.63) is 0 Å². The highest BCUT2D eigenvalue weighted by Crippen LogP contribution is 2.37. The van der Waals surface area contributed by atoms with Crippen LogP contribution in [0, 0.1) is 23.2 Å². The Bertz CT molecular complexity index is 311. The van der Waals surface area contributed by atoms with Crippen molar-refractivity contribution < 1.29 is 4.74 Å². The maximum atomic E-state index is 9.59. The summed E-state index contributed by atoms with van der Waals surface area (Å²) >= 11 is 0. The molecule has 0 spiro atoms. The molecule has 20 heavy (non-hydrogen) atoms. The number of ether oxygens (including phenoxy) is 1. The molecule has 0 radical (unpaired) electrons. The normalized spacial score (nSPS) is 27.7. The van der Waals surface area contributed by atoms with Gasteiger partial charge in [0.05, 0.1) is 12.2 Å². The summed E-state index contributed by atoms with van der Waals surface area (Å²) in [5, 5.41) is 13.1. The van der Waals surface area contributed by atoms with E-state index in [2.05, 4.69) is 39.1 Å². The predicted octanol–water partition coefficient (Wildman–Crippen LogP) is 3.89. The smallest absolute Gasteiger partial charge is 0.109 e. The second kappa shape index (κ2) is 8.64. The molecule has 0 aromatic rings. The summed E-state index contributed by atoms with van der Waals surface area (Å²) in [6.07, 6.45) is 6.85. The van der Waals surface area contributed by atoms with E-state index in [0.717, 1.165) is 51.7 Å². The number of rotatable bonds is 9. The van der Waals surface area contributed by atoms with E-state index in [1.165, 1.54) is 0 Å². The predicted molar refractivity (Wildman–Crippen MR) is 83.5 cm³/mol. The molecule has 3 atom stereocenters. The lowest BCUT2D eigenvalue weighted by molar-refractivity contribution is 0.0397. The molecule has 0 aromatic heterocycles. The van der Waals surface area contributed by atoms with E-state index < -0.39 is 0 Å². The van der Waals surface area contributed by atoms with Crippen LogP contribution < -0.4 is 5.32 Å². The Morgan fingerprint density at radius 3 is 2.75 bits per heavy atom. The van der Waals surface area contributed by atoms with E-state index in [0.29, 0.717) is 17.9 Å². The van der Waals surface area contributed by atoms with Crippen molar-refractivity contribution in [2.45, 2.75) is 77.9 Å². The Labute approximate surface area is 125 Å². The Kier molecular flexibility index (Phi) is 7.55. The molecule has 0 aromatic carbocycles. The highest BCUT2D eigenvalue weighted by atomic mass is 16.5. The van der Waals surface area contributed by atoms with Crippen molar-refractivity contribution in [2.75, 3.05) is 13.2 Å². The van der Waals surface area contributed by atoms with Gasteiger partial charge >= 0.3 is 0 Å². The monoisotopic (exact) mass is 280 g/mol. The standard InChI is InChI=1S/C17H32N2O/c1-5-10-19-17(13-18)9-6-7-16(17)8-11-20-15(4)12-14(2)3/h14-16,19H,5-12H2,1-4H3. The summed E-state index contributed by atoms with van der Waals surface area (Å²) in [5.74, 6) is 1.13. The third kappa shape index (κ3) is 5.07. The molecule has 1 rings (SSSR count). The highest BCUT2D eigenvalue weighted by Gasteiger charge is 2.42. The fourth-order valence-electron chi connectivity index (χ4n) is 3.38. The Morgan fingerprint density at radius 2 is 2.15 bits per heavy atom. The first-order valence-electron chi connectivity index (χ1n) is 8.32. The zero-order chi connectivity index (χ0) is 15.0. The Morgan fingerprint density at radius 1 is 1.40 bits per heavy atom. The molecular formula is C17H32N2O. The van der Waals surface area contributed by atoms with E-state index in [4.69, 9.17) is 4.74 Å². The Balaban J connectivity index is 2.39. The van der Waals surface area contributed by atoms with Gasteiger partial charge in [0.15, 0.2) is 0 Å². The topological polar surface area (TPSA) is 45.0 Å². The maximum absolute atomic E-state index is 9.59. The molecule has 3 nitrogen and oxygen atoms in total. The van der Waals surface area contributed by atoms with E-state index in [-0.39, 0.29) is 5.54 Å². The molecular weight excluding hydrogens is 248 g/mol. The summed E-state index contributed by atoms with van der Waals surface area (Å²) in [4.78, 5) is 0.